The van der Waals surface area contributed by atoms with Gasteiger partial charge in [-0.3, -0.25) is 10.4 Å². The lowest BCUT2D eigenvalue weighted by Gasteiger charge is -2.23. The number of hydrogen-bond donors (Lipinski definition) is 5. The topological polar surface area (TPSA) is 181 Å². The number of hydrogen-bond acceptors (Lipinski definition) is 14. The molecule has 0 spiro atoms. The molecule has 0 radical (unpaired) electrons. The molecule has 6 N–H and O–H groups in total. The third-order valence-electron chi connectivity index (χ3n) is 5.03. The Morgan fingerprint density at radius 1 is 0.750 bits per heavy atom. The smallest absolute Gasteiger partial charge is 0.251 e. The molecule has 4 aromatic rings. The Balaban J connectivity index is 1.54. The summed E-state index contributed by atoms with van der Waals surface area (Å²) in [6.45, 7) is 4.83. The first-order valence-corrected chi connectivity index (χ1v) is 11.4. The van der Waals surface area contributed by atoms with Crippen molar-refractivity contribution < 1.29 is 8.83 Å². The molecule has 0 saturated carbocycles. The van der Waals surface area contributed by atoms with E-state index < -0.39 is 0 Å². The highest BCUT2D eigenvalue weighted by Crippen LogP contribution is 2.17. The molecular weight excluding hydrogens is 464 g/mol. The zero-order valence-electron chi connectivity index (χ0n) is 20.7. The summed E-state index contributed by atoms with van der Waals surface area (Å²) in [5, 5.41) is 10.7. The molecule has 0 atom stereocenters. The van der Waals surface area contributed by atoms with Gasteiger partial charge in [-0.25, -0.2) is 0 Å². The minimum Gasteiger partial charge on any atom is -0.466 e. The quantitative estimate of drug-likeness (QED) is 0.181. The SMILES string of the molecule is CNc1nc(NCCc2ccc(C)o2)nc(NN(CCc2ccc(C)o2)c2nc(N)nc(NC)n2)n1. The van der Waals surface area contributed by atoms with Gasteiger partial charge in [-0.2, -0.15) is 29.9 Å². The second kappa shape index (κ2) is 11.2. The van der Waals surface area contributed by atoms with E-state index in [0.29, 0.717) is 49.7 Å². The summed E-state index contributed by atoms with van der Waals surface area (Å²) in [4.78, 5) is 26.1. The number of nitrogens with zero attached hydrogens (tertiary/aromatic N) is 7. The summed E-state index contributed by atoms with van der Waals surface area (Å²) >= 11 is 0. The molecule has 0 saturated heterocycles. The highest BCUT2D eigenvalue weighted by molar-refractivity contribution is 5.49. The maximum Gasteiger partial charge on any atom is 0.251 e. The molecule has 0 bridgehead atoms. The summed E-state index contributed by atoms with van der Waals surface area (Å²) in [7, 11) is 3.44. The van der Waals surface area contributed by atoms with E-state index in [1.54, 1.807) is 19.1 Å². The van der Waals surface area contributed by atoms with Crippen LogP contribution in [0.25, 0.3) is 0 Å². The number of nitrogen functional groups attached to an aromatic ring is 1. The molecule has 0 unspecified atom stereocenters. The van der Waals surface area contributed by atoms with Gasteiger partial charge in [0.05, 0.1) is 0 Å². The average Bonchev–Trinajstić information content (AvgIpc) is 3.48. The first-order chi connectivity index (χ1) is 17.4. The summed E-state index contributed by atoms with van der Waals surface area (Å²) in [6, 6.07) is 7.74. The van der Waals surface area contributed by atoms with Crippen molar-refractivity contribution >= 4 is 35.7 Å². The van der Waals surface area contributed by atoms with E-state index in [-0.39, 0.29) is 11.9 Å². The summed E-state index contributed by atoms with van der Waals surface area (Å²) in [6.07, 6.45) is 1.25. The minimum atomic E-state index is 0.0760. The van der Waals surface area contributed by atoms with E-state index in [4.69, 9.17) is 14.6 Å². The van der Waals surface area contributed by atoms with Crippen LogP contribution >= 0.6 is 0 Å². The molecule has 4 rings (SSSR count). The maximum atomic E-state index is 5.91. The maximum absolute atomic E-state index is 5.91. The Hall–Kier alpha value is -4.62. The zero-order chi connectivity index (χ0) is 25.5. The molecule has 0 aliphatic carbocycles. The van der Waals surface area contributed by atoms with E-state index in [1.165, 1.54) is 0 Å². The first-order valence-electron chi connectivity index (χ1n) is 11.4. The molecule has 4 aromatic heterocycles. The molecular formula is C22H30N12O2. The number of nitrogens with two attached hydrogens (primary N) is 1. The highest BCUT2D eigenvalue weighted by atomic mass is 16.3. The standard InChI is InChI=1S/C22H30N12O2/c1-13-5-7-15(35-13)9-11-26-20-29-19(25-4)30-21(31-20)33-34(12-10-16-8-6-14(2)36-16)22-28-17(23)27-18(24-3)32-22/h5-8H,9-12H2,1-4H3,(H3,23,24,27,28,32)(H3,25,26,29,30,31,33). The van der Waals surface area contributed by atoms with Crippen molar-refractivity contribution in [1.82, 2.24) is 29.9 Å². The van der Waals surface area contributed by atoms with Crippen molar-refractivity contribution in [2.24, 2.45) is 0 Å². The van der Waals surface area contributed by atoms with Gasteiger partial charge in [0.15, 0.2) is 0 Å². The minimum absolute atomic E-state index is 0.0760. The number of rotatable bonds is 12. The van der Waals surface area contributed by atoms with Crippen molar-refractivity contribution in [3.63, 3.8) is 0 Å². The lowest BCUT2D eigenvalue weighted by Crippen LogP contribution is -2.35. The molecule has 190 valence electrons. The number of furan rings is 2. The van der Waals surface area contributed by atoms with Gasteiger partial charge < -0.3 is 30.5 Å². The number of anilines is 6. The molecule has 14 heteroatoms. The third-order valence-corrected chi connectivity index (χ3v) is 5.03. The van der Waals surface area contributed by atoms with Gasteiger partial charge in [0.2, 0.25) is 29.7 Å². The van der Waals surface area contributed by atoms with Crippen LogP contribution in [0.1, 0.15) is 23.0 Å². The number of hydrazine groups is 1. The molecule has 0 fully saturated rings. The Morgan fingerprint density at radius 3 is 2.00 bits per heavy atom. The molecule has 4 heterocycles. The van der Waals surface area contributed by atoms with Crippen LogP contribution in [-0.4, -0.2) is 57.1 Å². The fourth-order valence-electron chi connectivity index (χ4n) is 3.32. The van der Waals surface area contributed by atoms with Crippen molar-refractivity contribution in [2.75, 3.05) is 59.3 Å². The number of nitrogens with one attached hydrogen (secondary N) is 4. The fourth-order valence-corrected chi connectivity index (χ4v) is 3.32. The van der Waals surface area contributed by atoms with Crippen LogP contribution in [0.2, 0.25) is 0 Å². The van der Waals surface area contributed by atoms with Crippen LogP contribution in [0.15, 0.2) is 33.1 Å². The van der Waals surface area contributed by atoms with Gasteiger partial charge in [0.1, 0.15) is 23.0 Å². The van der Waals surface area contributed by atoms with E-state index >= 15 is 0 Å². The predicted octanol–water partition coefficient (Wildman–Crippen LogP) is 2.26. The Morgan fingerprint density at radius 2 is 1.36 bits per heavy atom. The Labute approximate surface area is 208 Å². The normalized spacial score (nSPS) is 10.8. The van der Waals surface area contributed by atoms with Crippen LogP contribution in [0.3, 0.4) is 0 Å². The van der Waals surface area contributed by atoms with E-state index in [0.717, 1.165) is 23.0 Å². The van der Waals surface area contributed by atoms with Crippen LogP contribution < -0.4 is 32.1 Å². The van der Waals surface area contributed by atoms with Crippen molar-refractivity contribution in [1.29, 1.82) is 0 Å². The predicted molar refractivity (Wildman–Crippen MR) is 137 cm³/mol. The van der Waals surface area contributed by atoms with Crippen molar-refractivity contribution in [2.45, 2.75) is 26.7 Å². The fraction of sp³-hybridized carbons (Fsp3) is 0.364. The summed E-state index contributed by atoms with van der Waals surface area (Å²) in [5.41, 5.74) is 9.08. The van der Waals surface area contributed by atoms with Crippen LogP contribution in [-0.2, 0) is 12.8 Å². The average molecular weight is 495 g/mol. The Bertz CT molecular complexity index is 1290. The van der Waals surface area contributed by atoms with Crippen molar-refractivity contribution in [3.05, 3.63) is 47.3 Å². The van der Waals surface area contributed by atoms with Gasteiger partial charge in [0.25, 0.3) is 5.95 Å². The van der Waals surface area contributed by atoms with Gasteiger partial charge in [-0.1, -0.05) is 0 Å². The molecule has 0 aliphatic heterocycles. The van der Waals surface area contributed by atoms with E-state index in [2.05, 4.69) is 51.3 Å². The summed E-state index contributed by atoms with van der Waals surface area (Å²) < 4.78 is 11.3. The van der Waals surface area contributed by atoms with Gasteiger partial charge >= 0.3 is 0 Å². The zero-order valence-corrected chi connectivity index (χ0v) is 20.7. The second-order valence-corrected chi connectivity index (χ2v) is 7.84. The highest BCUT2D eigenvalue weighted by Gasteiger charge is 2.17. The Kier molecular flexibility index (Phi) is 7.63. The summed E-state index contributed by atoms with van der Waals surface area (Å²) in [5.74, 6) is 5.18. The number of aryl methyl sites for hydroxylation is 2. The largest absolute Gasteiger partial charge is 0.466 e. The van der Waals surface area contributed by atoms with Crippen LogP contribution in [0.5, 0.6) is 0 Å². The van der Waals surface area contributed by atoms with E-state index in [9.17, 15) is 0 Å². The molecule has 0 aromatic carbocycles. The molecule has 0 aliphatic rings. The lowest BCUT2D eigenvalue weighted by molar-refractivity contribution is 0.482. The first kappa shape index (κ1) is 24.5. The third kappa shape index (κ3) is 6.49. The number of aromatic nitrogens is 6. The van der Waals surface area contributed by atoms with Crippen LogP contribution in [0.4, 0.5) is 35.7 Å². The second-order valence-electron chi connectivity index (χ2n) is 7.84. The van der Waals surface area contributed by atoms with E-state index in [1.807, 2.05) is 38.1 Å². The van der Waals surface area contributed by atoms with Gasteiger partial charge in [-0.15, -0.1) is 0 Å². The van der Waals surface area contributed by atoms with Gasteiger partial charge in [-0.05, 0) is 38.1 Å². The molecule has 36 heavy (non-hydrogen) atoms. The lowest BCUT2D eigenvalue weighted by atomic mass is 10.3. The van der Waals surface area contributed by atoms with Crippen molar-refractivity contribution in [3.8, 4) is 0 Å². The van der Waals surface area contributed by atoms with Gasteiger partial charge in [0, 0.05) is 40.0 Å². The molecule has 14 nitrogen and oxygen atoms in total. The van der Waals surface area contributed by atoms with Crippen LogP contribution in [0, 0.1) is 13.8 Å². The monoisotopic (exact) mass is 494 g/mol. The molecule has 0 amide bonds.